The summed E-state index contributed by atoms with van der Waals surface area (Å²) in [5.41, 5.74) is 3.79. The normalized spacial score (nSPS) is 13.2. The molecule has 5 heteroatoms. The molecule has 100 valence electrons. The number of aliphatic imine (C=N–C) groups is 1. The Kier molecular flexibility index (Phi) is 6.75. The molecule has 1 aromatic rings. The Bertz CT molecular complexity index is 392. The second-order valence-electron chi connectivity index (χ2n) is 4.15. The van der Waals surface area contributed by atoms with Gasteiger partial charge in [0.2, 0.25) is 5.96 Å². The molecule has 0 saturated heterocycles. The number of unbranched alkanes of at least 4 members (excludes halogenated alkanes) is 1. The van der Waals surface area contributed by atoms with E-state index in [4.69, 9.17) is 5.84 Å². The highest BCUT2D eigenvalue weighted by Gasteiger charge is 2.07. The van der Waals surface area contributed by atoms with Crippen molar-refractivity contribution >= 4 is 21.9 Å². The summed E-state index contributed by atoms with van der Waals surface area (Å²) in [6, 6.07) is 8.33. The van der Waals surface area contributed by atoms with Crippen molar-refractivity contribution in [1.82, 2.24) is 10.7 Å². The number of hydrazine groups is 1. The Hall–Kier alpha value is -1.07. The van der Waals surface area contributed by atoms with Crippen molar-refractivity contribution in [2.45, 2.75) is 32.7 Å². The molecular weight excluding hydrogens is 292 g/mol. The van der Waals surface area contributed by atoms with Gasteiger partial charge >= 0.3 is 0 Å². The van der Waals surface area contributed by atoms with Gasteiger partial charge in [-0.15, -0.1) is 0 Å². The molecule has 4 nitrogen and oxygen atoms in total. The SMILES string of the molecule is CCCCN=C(NN)NC(C)c1cccc(Br)c1. The molecular formula is C13H21BrN4. The summed E-state index contributed by atoms with van der Waals surface area (Å²) in [6.45, 7) is 5.01. The van der Waals surface area contributed by atoms with Crippen LogP contribution in [0.4, 0.5) is 0 Å². The lowest BCUT2D eigenvalue weighted by Crippen LogP contribution is -2.42. The van der Waals surface area contributed by atoms with Crippen LogP contribution in [0.25, 0.3) is 0 Å². The van der Waals surface area contributed by atoms with E-state index in [1.54, 1.807) is 0 Å². The van der Waals surface area contributed by atoms with Crippen LogP contribution >= 0.6 is 15.9 Å². The predicted molar refractivity (Wildman–Crippen MR) is 80.2 cm³/mol. The zero-order valence-electron chi connectivity index (χ0n) is 10.9. The van der Waals surface area contributed by atoms with E-state index in [-0.39, 0.29) is 6.04 Å². The summed E-state index contributed by atoms with van der Waals surface area (Å²) in [4.78, 5) is 4.38. The molecule has 1 unspecified atom stereocenters. The zero-order chi connectivity index (χ0) is 13.4. The summed E-state index contributed by atoms with van der Waals surface area (Å²) >= 11 is 3.47. The van der Waals surface area contributed by atoms with Gasteiger partial charge in [-0.25, -0.2) is 5.84 Å². The van der Waals surface area contributed by atoms with E-state index < -0.39 is 0 Å². The Balaban J connectivity index is 2.61. The number of guanidine groups is 1. The van der Waals surface area contributed by atoms with Gasteiger partial charge in [0.05, 0.1) is 6.04 Å². The molecule has 0 heterocycles. The maximum Gasteiger partial charge on any atom is 0.206 e. The Morgan fingerprint density at radius 1 is 1.50 bits per heavy atom. The van der Waals surface area contributed by atoms with Gasteiger partial charge in [-0.1, -0.05) is 41.4 Å². The number of nitrogens with zero attached hydrogens (tertiary/aromatic N) is 1. The molecule has 0 bridgehead atoms. The van der Waals surface area contributed by atoms with Crippen LogP contribution in [0.3, 0.4) is 0 Å². The molecule has 18 heavy (non-hydrogen) atoms. The first kappa shape index (κ1) is 15.0. The van der Waals surface area contributed by atoms with Crippen molar-refractivity contribution in [3.8, 4) is 0 Å². The third-order valence-corrected chi connectivity index (χ3v) is 3.11. The minimum absolute atomic E-state index is 0.152. The topological polar surface area (TPSA) is 62.4 Å². The van der Waals surface area contributed by atoms with Gasteiger partial charge in [-0.2, -0.15) is 0 Å². The van der Waals surface area contributed by atoms with Crippen LogP contribution < -0.4 is 16.6 Å². The number of hydrogen-bond acceptors (Lipinski definition) is 2. The summed E-state index contributed by atoms with van der Waals surface area (Å²) in [5, 5.41) is 3.26. The Morgan fingerprint density at radius 3 is 2.89 bits per heavy atom. The van der Waals surface area contributed by atoms with Gasteiger partial charge in [0.25, 0.3) is 0 Å². The average molecular weight is 313 g/mol. The molecule has 0 aliphatic heterocycles. The molecule has 0 radical (unpaired) electrons. The van der Waals surface area contributed by atoms with Crippen LogP contribution in [-0.2, 0) is 0 Å². The smallest absolute Gasteiger partial charge is 0.206 e. The monoisotopic (exact) mass is 312 g/mol. The summed E-state index contributed by atoms with van der Waals surface area (Å²) in [7, 11) is 0. The highest BCUT2D eigenvalue weighted by molar-refractivity contribution is 9.10. The number of rotatable bonds is 5. The summed E-state index contributed by atoms with van der Waals surface area (Å²) < 4.78 is 1.07. The number of nitrogens with one attached hydrogen (secondary N) is 2. The van der Waals surface area contributed by atoms with Crippen molar-refractivity contribution in [2.75, 3.05) is 6.54 Å². The zero-order valence-corrected chi connectivity index (χ0v) is 12.5. The van der Waals surface area contributed by atoms with Crippen LogP contribution in [-0.4, -0.2) is 12.5 Å². The second-order valence-corrected chi connectivity index (χ2v) is 5.06. The molecule has 0 spiro atoms. The standard InChI is InChI=1S/C13H21BrN4/c1-3-4-8-16-13(18-15)17-10(2)11-6-5-7-12(14)9-11/h5-7,9-10H,3-4,8,15H2,1-2H3,(H2,16,17,18). The Morgan fingerprint density at radius 2 is 2.28 bits per heavy atom. The lowest BCUT2D eigenvalue weighted by Gasteiger charge is -2.17. The highest BCUT2D eigenvalue weighted by Crippen LogP contribution is 2.17. The molecule has 1 atom stereocenters. The number of nitrogens with two attached hydrogens (primary N) is 1. The van der Waals surface area contributed by atoms with E-state index in [2.05, 4.69) is 57.6 Å². The van der Waals surface area contributed by atoms with Crippen molar-refractivity contribution in [1.29, 1.82) is 0 Å². The van der Waals surface area contributed by atoms with E-state index in [9.17, 15) is 0 Å². The van der Waals surface area contributed by atoms with Crippen molar-refractivity contribution < 1.29 is 0 Å². The van der Waals surface area contributed by atoms with Gasteiger partial charge in [0, 0.05) is 11.0 Å². The van der Waals surface area contributed by atoms with E-state index in [0.29, 0.717) is 5.96 Å². The second kappa shape index (κ2) is 8.11. The highest BCUT2D eigenvalue weighted by atomic mass is 79.9. The van der Waals surface area contributed by atoms with Crippen molar-refractivity contribution in [2.24, 2.45) is 10.8 Å². The van der Waals surface area contributed by atoms with Crippen molar-refractivity contribution in [3.05, 3.63) is 34.3 Å². The van der Waals surface area contributed by atoms with Gasteiger partial charge in [-0.3, -0.25) is 10.4 Å². The largest absolute Gasteiger partial charge is 0.349 e. The molecule has 0 fully saturated rings. The number of benzene rings is 1. The lowest BCUT2D eigenvalue weighted by atomic mass is 10.1. The van der Waals surface area contributed by atoms with Gasteiger partial charge in [0.1, 0.15) is 0 Å². The minimum atomic E-state index is 0.152. The van der Waals surface area contributed by atoms with Gasteiger partial charge in [0.15, 0.2) is 0 Å². The molecule has 0 aromatic heterocycles. The van der Waals surface area contributed by atoms with Crippen LogP contribution in [0.1, 0.15) is 38.3 Å². The quantitative estimate of drug-likeness (QED) is 0.257. The van der Waals surface area contributed by atoms with Crippen molar-refractivity contribution in [3.63, 3.8) is 0 Å². The fourth-order valence-corrected chi connectivity index (χ4v) is 1.96. The van der Waals surface area contributed by atoms with Crippen LogP contribution in [0.5, 0.6) is 0 Å². The first-order valence-corrected chi connectivity index (χ1v) is 6.99. The first-order valence-electron chi connectivity index (χ1n) is 6.20. The molecule has 0 aliphatic carbocycles. The molecule has 0 amide bonds. The van der Waals surface area contributed by atoms with E-state index in [1.165, 1.54) is 5.56 Å². The number of halogens is 1. The number of hydrogen-bond donors (Lipinski definition) is 3. The molecule has 1 rings (SSSR count). The van der Waals surface area contributed by atoms with Gasteiger partial charge in [-0.05, 0) is 31.0 Å². The molecule has 0 aliphatic rings. The van der Waals surface area contributed by atoms with Gasteiger partial charge < -0.3 is 5.32 Å². The molecule has 1 aromatic carbocycles. The first-order chi connectivity index (χ1) is 8.67. The minimum Gasteiger partial charge on any atom is -0.349 e. The maximum atomic E-state index is 5.46. The van der Waals surface area contributed by atoms with Crippen LogP contribution in [0.2, 0.25) is 0 Å². The average Bonchev–Trinajstić information content (AvgIpc) is 2.37. The van der Waals surface area contributed by atoms with E-state index >= 15 is 0 Å². The Labute approximate surface area is 117 Å². The maximum absolute atomic E-state index is 5.46. The predicted octanol–water partition coefficient (Wildman–Crippen LogP) is 2.72. The summed E-state index contributed by atoms with van der Waals surface area (Å²) in [6.07, 6.45) is 2.20. The van der Waals surface area contributed by atoms with E-state index in [0.717, 1.165) is 23.9 Å². The molecule has 0 saturated carbocycles. The lowest BCUT2D eigenvalue weighted by molar-refractivity contribution is 0.683. The third kappa shape index (κ3) is 5.06. The summed E-state index contributed by atoms with van der Waals surface area (Å²) in [5.74, 6) is 6.09. The van der Waals surface area contributed by atoms with Crippen LogP contribution in [0.15, 0.2) is 33.7 Å². The fraction of sp³-hybridized carbons (Fsp3) is 0.462. The van der Waals surface area contributed by atoms with Crippen LogP contribution in [0, 0.1) is 0 Å². The molecule has 4 N–H and O–H groups in total. The van der Waals surface area contributed by atoms with E-state index in [1.807, 2.05) is 12.1 Å². The fourth-order valence-electron chi connectivity index (χ4n) is 1.55. The third-order valence-electron chi connectivity index (χ3n) is 2.62.